The van der Waals surface area contributed by atoms with Gasteiger partial charge in [-0.1, -0.05) is 37.6 Å². The minimum absolute atomic E-state index is 0.267. The molecule has 2 N–H and O–H groups in total. The van der Waals surface area contributed by atoms with Crippen molar-refractivity contribution in [3.63, 3.8) is 0 Å². The number of hydrogen-bond donors (Lipinski definition) is 1. The van der Waals surface area contributed by atoms with Crippen LogP contribution in [-0.4, -0.2) is 24.4 Å². The summed E-state index contributed by atoms with van der Waals surface area (Å²) in [6, 6.07) is 8.77. The summed E-state index contributed by atoms with van der Waals surface area (Å²) in [4.78, 5) is 14.4. The third kappa shape index (κ3) is 3.85. The van der Waals surface area contributed by atoms with Gasteiger partial charge in [0.25, 0.3) is 0 Å². The van der Waals surface area contributed by atoms with Crippen LogP contribution in [0.1, 0.15) is 56.2 Å². The Kier molecular flexibility index (Phi) is 5.80. The first-order valence-corrected chi connectivity index (χ1v) is 8.20. The van der Waals surface area contributed by atoms with Crippen LogP contribution in [0.5, 0.6) is 0 Å². The number of nitrogens with two attached hydrogens (primary N) is 1. The number of rotatable bonds is 7. The number of amides is 1. The number of fused-ring (bicyclic) bond motifs is 1. The summed E-state index contributed by atoms with van der Waals surface area (Å²) in [6.07, 6.45) is 5.89. The van der Waals surface area contributed by atoms with E-state index in [4.69, 9.17) is 5.73 Å². The Morgan fingerprint density at radius 2 is 2.14 bits per heavy atom. The molecule has 0 spiro atoms. The summed E-state index contributed by atoms with van der Waals surface area (Å²) in [5, 5.41) is 0. The third-order valence-corrected chi connectivity index (χ3v) is 4.88. The summed E-state index contributed by atoms with van der Waals surface area (Å²) in [6.45, 7) is 2.90. The fraction of sp³-hybridized carbons (Fsp3) is 0.611. The van der Waals surface area contributed by atoms with E-state index in [1.807, 2.05) is 11.9 Å². The molecule has 2 atom stereocenters. The van der Waals surface area contributed by atoms with Crippen molar-refractivity contribution in [2.45, 2.75) is 51.5 Å². The molecule has 0 saturated heterocycles. The Hall–Kier alpha value is -1.35. The van der Waals surface area contributed by atoms with E-state index in [-0.39, 0.29) is 11.9 Å². The molecular weight excluding hydrogens is 260 g/mol. The summed E-state index contributed by atoms with van der Waals surface area (Å²) in [5.74, 6) is 0.857. The van der Waals surface area contributed by atoms with Crippen molar-refractivity contribution >= 4 is 5.91 Å². The molecule has 1 aromatic rings. The predicted octanol–water partition coefficient (Wildman–Crippen LogP) is 3.29. The van der Waals surface area contributed by atoms with Gasteiger partial charge in [0, 0.05) is 13.5 Å². The molecule has 1 aromatic carbocycles. The van der Waals surface area contributed by atoms with Crippen LogP contribution in [-0.2, 0) is 11.2 Å². The lowest BCUT2D eigenvalue weighted by molar-refractivity contribution is -0.132. The van der Waals surface area contributed by atoms with Crippen molar-refractivity contribution < 1.29 is 4.79 Å². The van der Waals surface area contributed by atoms with E-state index in [2.05, 4.69) is 31.2 Å². The van der Waals surface area contributed by atoms with Gasteiger partial charge in [-0.25, -0.2) is 0 Å². The van der Waals surface area contributed by atoms with Crippen LogP contribution in [0.15, 0.2) is 24.3 Å². The molecule has 0 bridgehead atoms. The van der Waals surface area contributed by atoms with Gasteiger partial charge in [0.05, 0.1) is 6.04 Å². The van der Waals surface area contributed by atoms with Gasteiger partial charge in [0.2, 0.25) is 5.91 Å². The van der Waals surface area contributed by atoms with Crippen molar-refractivity contribution in [2.75, 3.05) is 13.6 Å². The number of carbonyl (C=O) groups is 1. The second-order valence-electron chi connectivity index (χ2n) is 6.15. The van der Waals surface area contributed by atoms with Gasteiger partial charge >= 0.3 is 0 Å². The lowest BCUT2D eigenvalue weighted by atomic mass is 9.96. The molecule has 1 aliphatic carbocycles. The molecule has 21 heavy (non-hydrogen) atoms. The predicted molar refractivity (Wildman–Crippen MR) is 87.0 cm³/mol. The van der Waals surface area contributed by atoms with Gasteiger partial charge in [-0.2, -0.15) is 0 Å². The van der Waals surface area contributed by atoms with Crippen LogP contribution in [0.3, 0.4) is 0 Å². The molecule has 1 amide bonds. The third-order valence-electron chi connectivity index (χ3n) is 4.88. The highest BCUT2D eigenvalue weighted by Crippen LogP contribution is 2.35. The lowest BCUT2D eigenvalue weighted by Gasteiger charge is -2.26. The fourth-order valence-corrected chi connectivity index (χ4v) is 3.40. The van der Waals surface area contributed by atoms with Gasteiger partial charge in [-0.3, -0.25) is 4.79 Å². The molecule has 116 valence electrons. The Balaban J connectivity index is 1.91. The van der Waals surface area contributed by atoms with Gasteiger partial charge in [-0.05, 0) is 49.3 Å². The van der Waals surface area contributed by atoms with Crippen molar-refractivity contribution in [2.24, 2.45) is 11.7 Å². The molecule has 1 aliphatic rings. The normalized spacial score (nSPS) is 18.3. The average molecular weight is 288 g/mol. The van der Waals surface area contributed by atoms with Crippen LogP contribution < -0.4 is 5.73 Å². The molecule has 2 rings (SSSR count). The highest BCUT2D eigenvalue weighted by atomic mass is 16.2. The Morgan fingerprint density at radius 1 is 1.38 bits per heavy atom. The van der Waals surface area contributed by atoms with Gasteiger partial charge < -0.3 is 10.6 Å². The number of aryl methyl sites for hydroxylation is 1. The van der Waals surface area contributed by atoms with Gasteiger partial charge in [0.15, 0.2) is 0 Å². The Labute approximate surface area is 128 Å². The molecule has 3 nitrogen and oxygen atoms in total. The molecule has 0 aliphatic heterocycles. The van der Waals surface area contributed by atoms with Gasteiger partial charge in [-0.15, -0.1) is 0 Å². The smallest absolute Gasteiger partial charge is 0.222 e. The minimum atomic E-state index is 0.267. The fourth-order valence-electron chi connectivity index (χ4n) is 3.40. The lowest BCUT2D eigenvalue weighted by Crippen LogP contribution is -2.30. The zero-order chi connectivity index (χ0) is 15.2. The Bertz CT molecular complexity index is 472. The van der Waals surface area contributed by atoms with Crippen LogP contribution in [0, 0.1) is 5.92 Å². The van der Waals surface area contributed by atoms with E-state index in [9.17, 15) is 4.79 Å². The maximum Gasteiger partial charge on any atom is 0.222 e. The summed E-state index contributed by atoms with van der Waals surface area (Å²) >= 11 is 0. The van der Waals surface area contributed by atoms with Crippen LogP contribution in [0.2, 0.25) is 0 Å². The van der Waals surface area contributed by atoms with E-state index in [0.29, 0.717) is 12.3 Å². The van der Waals surface area contributed by atoms with Crippen molar-refractivity contribution in [3.8, 4) is 0 Å². The number of carbonyl (C=O) groups excluding carboxylic acids is 1. The average Bonchev–Trinajstić information content (AvgIpc) is 2.94. The molecule has 2 unspecified atom stereocenters. The first-order valence-electron chi connectivity index (χ1n) is 8.20. The zero-order valence-corrected chi connectivity index (χ0v) is 13.3. The van der Waals surface area contributed by atoms with Gasteiger partial charge in [0.1, 0.15) is 0 Å². The Morgan fingerprint density at radius 3 is 2.86 bits per heavy atom. The number of hydrogen-bond acceptors (Lipinski definition) is 2. The molecule has 3 heteroatoms. The highest BCUT2D eigenvalue weighted by Gasteiger charge is 2.28. The summed E-state index contributed by atoms with van der Waals surface area (Å²) < 4.78 is 0. The number of nitrogens with zero attached hydrogens (tertiary/aromatic N) is 1. The molecule has 0 heterocycles. The molecular formula is C18H28N2O. The second-order valence-corrected chi connectivity index (χ2v) is 6.15. The monoisotopic (exact) mass is 288 g/mol. The maximum absolute atomic E-state index is 12.5. The van der Waals surface area contributed by atoms with E-state index in [1.54, 1.807) is 0 Å². The SMILES string of the molecule is CCC(CCN)CCC(=O)N(C)C1CCc2ccccc21. The van der Waals surface area contributed by atoms with E-state index in [0.717, 1.165) is 38.6 Å². The second kappa shape index (κ2) is 7.60. The molecule has 0 radical (unpaired) electrons. The first-order chi connectivity index (χ1) is 10.2. The summed E-state index contributed by atoms with van der Waals surface area (Å²) in [7, 11) is 1.96. The maximum atomic E-state index is 12.5. The van der Waals surface area contributed by atoms with Crippen molar-refractivity contribution in [3.05, 3.63) is 35.4 Å². The molecule has 0 fully saturated rings. The van der Waals surface area contributed by atoms with E-state index < -0.39 is 0 Å². The van der Waals surface area contributed by atoms with Crippen molar-refractivity contribution in [1.29, 1.82) is 0 Å². The standard InChI is InChI=1S/C18H28N2O/c1-3-14(12-13-19)8-11-18(21)20(2)17-10-9-15-6-4-5-7-16(15)17/h4-7,14,17H,3,8-13,19H2,1-2H3. The first kappa shape index (κ1) is 16.0. The van der Waals surface area contributed by atoms with Crippen molar-refractivity contribution in [1.82, 2.24) is 4.90 Å². The summed E-state index contributed by atoms with van der Waals surface area (Å²) in [5.41, 5.74) is 8.36. The van der Waals surface area contributed by atoms with Crippen LogP contribution in [0.25, 0.3) is 0 Å². The zero-order valence-electron chi connectivity index (χ0n) is 13.3. The minimum Gasteiger partial charge on any atom is -0.339 e. The highest BCUT2D eigenvalue weighted by molar-refractivity contribution is 5.76. The largest absolute Gasteiger partial charge is 0.339 e. The quantitative estimate of drug-likeness (QED) is 0.837. The van der Waals surface area contributed by atoms with Crippen LogP contribution >= 0.6 is 0 Å². The molecule has 0 saturated carbocycles. The number of benzene rings is 1. The van der Waals surface area contributed by atoms with Crippen LogP contribution in [0.4, 0.5) is 0 Å². The topological polar surface area (TPSA) is 46.3 Å². The van der Waals surface area contributed by atoms with E-state index in [1.165, 1.54) is 11.1 Å². The van der Waals surface area contributed by atoms with E-state index >= 15 is 0 Å². The molecule has 0 aromatic heterocycles.